The first-order valence-electron chi connectivity index (χ1n) is 5.87. The van der Waals surface area contributed by atoms with Gasteiger partial charge in [0.15, 0.2) is 0 Å². The average molecular weight is 246 g/mol. The lowest BCUT2D eigenvalue weighted by Gasteiger charge is -2.06. The molecule has 0 saturated carbocycles. The van der Waals surface area contributed by atoms with Crippen LogP contribution in [0.15, 0.2) is 29.6 Å². The fourth-order valence-corrected chi connectivity index (χ4v) is 2.56. The quantitative estimate of drug-likeness (QED) is 0.895. The molecule has 1 aromatic heterocycles. The Kier molecular flexibility index (Phi) is 3.92. The molecular formula is C14H18N2S. The summed E-state index contributed by atoms with van der Waals surface area (Å²) in [5, 5.41) is 6.57. The van der Waals surface area contributed by atoms with Crippen molar-refractivity contribution < 1.29 is 0 Å². The van der Waals surface area contributed by atoms with E-state index in [9.17, 15) is 0 Å². The number of rotatable bonds is 4. The van der Waals surface area contributed by atoms with Crippen LogP contribution in [0.25, 0.3) is 11.3 Å². The molecule has 2 nitrogen and oxygen atoms in total. The van der Waals surface area contributed by atoms with Gasteiger partial charge in [-0.25, -0.2) is 4.98 Å². The van der Waals surface area contributed by atoms with E-state index in [1.807, 2.05) is 7.05 Å². The van der Waals surface area contributed by atoms with Gasteiger partial charge in [-0.05, 0) is 20.9 Å². The second kappa shape index (κ2) is 5.43. The van der Waals surface area contributed by atoms with Crippen LogP contribution < -0.4 is 5.32 Å². The van der Waals surface area contributed by atoms with Gasteiger partial charge in [-0.3, -0.25) is 0 Å². The number of aryl methyl sites for hydroxylation is 1. The Morgan fingerprint density at radius 2 is 2.00 bits per heavy atom. The Labute approximate surface area is 107 Å². The molecule has 1 unspecified atom stereocenters. The van der Waals surface area contributed by atoms with Crippen molar-refractivity contribution in [2.75, 3.05) is 7.05 Å². The zero-order chi connectivity index (χ0) is 12.3. The summed E-state index contributed by atoms with van der Waals surface area (Å²) >= 11 is 1.74. The highest BCUT2D eigenvalue weighted by Crippen LogP contribution is 2.22. The number of nitrogens with one attached hydrogen (secondary N) is 1. The molecule has 1 atom stereocenters. The molecule has 0 saturated heterocycles. The monoisotopic (exact) mass is 246 g/mol. The summed E-state index contributed by atoms with van der Waals surface area (Å²) < 4.78 is 0. The summed E-state index contributed by atoms with van der Waals surface area (Å²) in [5.74, 6) is 0. The lowest BCUT2D eigenvalue weighted by Crippen LogP contribution is -2.23. The zero-order valence-electron chi connectivity index (χ0n) is 10.5. The first-order chi connectivity index (χ1) is 8.19. The van der Waals surface area contributed by atoms with Crippen molar-refractivity contribution in [3.63, 3.8) is 0 Å². The Hall–Kier alpha value is -1.19. The fourth-order valence-electron chi connectivity index (χ4n) is 1.63. The highest BCUT2D eigenvalue weighted by Gasteiger charge is 2.07. The molecule has 0 aliphatic carbocycles. The molecule has 3 heteroatoms. The van der Waals surface area contributed by atoms with Crippen LogP contribution in [0.4, 0.5) is 0 Å². The lowest BCUT2D eigenvalue weighted by atomic mass is 10.1. The van der Waals surface area contributed by atoms with Crippen LogP contribution in [0.1, 0.15) is 17.5 Å². The molecule has 1 aromatic carbocycles. The molecule has 0 amide bonds. The molecular weight excluding hydrogens is 228 g/mol. The van der Waals surface area contributed by atoms with Crippen molar-refractivity contribution in [1.29, 1.82) is 0 Å². The standard InChI is InChI=1S/C14H18N2S/c1-10-4-6-12(7-5-10)13-9-17-14(16-13)8-11(2)15-3/h4-7,9,11,15H,8H2,1-3H3. The molecule has 0 bridgehead atoms. The molecule has 1 N–H and O–H groups in total. The van der Waals surface area contributed by atoms with Crippen molar-refractivity contribution in [2.45, 2.75) is 26.3 Å². The second-order valence-corrected chi connectivity index (χ2v) is 5.33. The summed E-state index contributed by atoms with van der Waals surface area (Å²) in [7, 11) is 1.99. The van der Waals surface area contributed by atoms with Crippen molar-refractivity contribution in [1.82, 2.24) is 10.3 Å². The number of hydrogen-bond acceptors (Lipinski definition) is 3. The van der Waals surface area contributed by atoms with Gasteiger partial charge in [0.05, 0.1) is 10.7 Å². The van der Waals surface area contributed by atoms with E-state index in [1.54, 1.807) is 11.3 Å². The van der Waals surface area contributed by atoms with Crippen LogP contribution in [0.3, 0.4) is 0 Å². The SMILES string of the molecule is CNC(C)Cc1nc(-c2ccc(C)cc2)cs1. The summed E-state index contributed by atoms with van der Waals surface area (Å²) in [6.45, 7) is 4.28. The normalized spacial score (nSPS) is 12.6. The van der Waals surface area contributed by atoms with Crippen LogP contribution in [-0.4, -0.2) is 18.1 Å². The largest absolute Gasteiger partial charge is 0.317 e. The van der Waals surface area contributed by atoms with Crippen LogP contribution in [0.2, 0.25) is 0 Å². The third kappa shape index (κ3) is 3.14. The van der Waals surface area contributed by atoms with Crippen molar-refractivity contribution >= 4 is 11.3 Å². The molecule has 0 fully saturated rings. The molecule has 90 valence electrons. The summed E-state index contributed by atoms with van der Waals surface area (Å²) in [6.07, 6.45) is 0.993. The first kappa shape index (κ1) is 12.3. The van der Waals surface area contributed by atoms with E-state index in [2.05, 4.69) is 53.8 Å². The average Bonchev–Trinajstić information content (AvgIpc) is 2.78. The van der Waals surface area contributed by atoms with Crippen LogP contribution in [-0.2, 0) is 6.42 Å². The second-order valence-electron chi connectivity index (χ2n) is 4.39. The number of aromatic nitrogens is 1. The predicted molar refractivity (Wildman–Crippen MR) is 74.5 cm³/mol. The van der Waals surface area contributed by atoms with E-state index in [-0.39, 0.29) is 0 Å². The van der Waals surface area contributed by atoms with Gasteiger partial charge in [-0.15, -0.1) is 11.3 Å². The number of thiazole rings is 1. The van der Waals surface area contributed by atoms with Crippen LogP contribution >= 0.6 is 11.3 Å². The maximum Gasteiger partial charge on any atom is 0.0948 e. The molecule has 2 aromatic rings. The molecule has 17 heavy (non-hydrogen) atoms. The molecule has 1 heterocycles. The van der Waals surface area contributed by atoms with Crippen molar-refractivity contribution in [3.8, 4) is 11.3 Å². The van der Waals surface area contributed by atoms with E-state index in [1.165, 1.54) is 16.1 Å². The summed E-state index contributed by atoms with van der Waals surface area (Å²) in [6, 6.07) is 9.01. The first-order valence-corrected chi connectivity index (χ1v) is 6.75. The Balaban J connectivity index is 2.15. The van der Waals surface area contributed by atoms with Gasteiger partial charge in [0.25, 0.3) is 0 Å². The number of likely N-dealkylation sites (N-methyl/N-ethyl adjacent to an activating group) is 1. The highest BCUT2D eigenvalue weighted by molar-refractivity contribution is 7.09. The Bertz CT molecular complexity index is 473. The fraction of sp³-hybridized carbons (Fsp3) is 0.357. The van der Waals surface area contributed by atoms with E-state index in [4.69, 9.17) is 0 Å². The molecule has 2 rings (SSSR count). The summed E-state index contributed by atoms with van der Waals surface area (Å²) in [5.41, 5.74) is 3.58. The topological polar surface area (TPSA) is 24.9 Å². The van der Waals surface area contributed by atoms with Crippen LogP contribution in [0, 0.1) is 6.92 Å². The Morgan fingerprint density at radius 1 is 1.29 bits per heavy atom. The lowest BCUT2D eigenvalue weighted by molar-refractivity contribution is 0.607. The maximum absolute atomic E-state index is 4.68. The predicted octanol–water partition coefficient (Wildman–Crippen LogP) is 3.27. The van der Waals surface area contributed by atoms with Gasteiger partial charge < -0.3 is 5.32 Å². The molecule has 0 radical (unpaired) electrons. The maximum atomic E-state index is 4.68. The molecule has 0 spiro atoms. The third-order valence-corrected chi connectivity index (χ3v) is 3.74. The van der Waals surface area contributed by atoms with Gasteiger partial charge in [0.2, 0.25) is 0 Å². The minimum Gasteiger partial charge on any atom is -0.317 e. The highest BCUT2D eigenvalue weighted by atomic mass is 32.1. The zero-order valence-corrected chi connectivity index (χ0v) is 11.3. The summed E-state index contributed by atoms with van der Waals surface area (Å²) in [4.78, 5) is 4.68. The van der Waals surface area contributed by atoms with Gasteiger partial charge in [0, 0.05) is 23.4 Å². The number of hydrogen-bond donors (Lipinski definition) is 1. The van der Waals surface area contributed by atoms with Crippen molar-refractivity contribution in [2.24, 2.45) is 0 Å². The van der Waals surface area contributed by atoms with E-state index in [0.29, 0.717) is 6.04 Å². The molecule has 0 aliphatic heterocycles. The van der Waals surface area contributed by atoms with Crippen molar-refractivity contribution in [3.05, 3.63) is 40.2 Å². The van der Waals surface area contributed by atoms with Crippen LogP contribution in [0.5, 0.6) is 0 Å². The minimum atomic E-state index is 0.479. The van der Waals surface area contributed by atoms with E-state index >= 15 is 0 Å². The minimum absolute atomic E-state index is 0.479. The van der Waals surface area contributed by atoms with Gasteiger partial charge in [-0.1, -0.05) is 29.8 Å². The molecule has 0 aliphatic rings. The number of nitrogens with zero attached hydrogens (tertiary/aromatic N) is 1. The van der Waals surface area contributed by atoms with Gasteiger partial charge >= 0.3 is 0 Å². The van der Waals surface area contributed by atoms with E-state index in [0.717, 1.165) is 12.1 Å². The Morgan fingerprint density at radius 3 is 2.65 bits per heavy atom. The third-order valence-electron chi connectivity index (χ3n) is 2.87. The van der Waals surface area contributed by atoms with Gasteiger partial charge in [-0.2, -0.15) is 0 Å². The van der Waals surface area contributed by atoms with Gasteiger partial charge in [0.1, 0.15) is 0 Å². The smallest absolute Gasteiger partial charge is 0.0948 e. The number of benzene rings is 1. The van der Waals surface area contributed by atoms with E-state index < -0.39 is 0 Å².